The molecule has 0 bridgehead atoms. The highest BCUT2D eigenvalue weighted by molar-refractivity contribution is 7.86. The minimum absolute atomic E-state index is 0.0141. The molecule has 1 N–H and O–H groups in total. The first-order chi connectivity index (χ1) is 9.45. The molecule has 2 atom stereocenters. The molecule has 6 heteroatoms. The highest BCUT2D eigenvalue weighted by Crippen LogP contribution is 2.22. The number of hydrogen-bond donors (Lipinski definition) is 1. The Morgan fingerprint density at radius 2 is 2.00 bits per heavy atom. The summed E-state index contributed by atoms with van der Waals surface area (Å²) in [4.78, 5) is 11.4. The van der Waals surface area contributed by atoms with Crippen molar-refractivity contribution in [1.82, 2.24) is 5.32 Å². The van der Waals surface area contributed by atoms with Gasteiger partial charge in [0.15, 0.2) is 0 Å². The van der Waals surface area contributed by atoms with Gasteiger partial charge in [-0.1, -0.05) is 25.1 Å². The van der Waals surface area contributed by atoms with E-state index in [1.165, 1.54) is 6.07 Å². The van der Waals surface area contributed by atoms with Crippen molar-refractivity contribution in [3.8, 4) is 0 Å². The third-order valence-corrected chi connectivity index (χ3v) is 5.09. The van der Waals surface area contributed by atoms with Crippen molar-refractivity contribution < 1.29 is 17.4 Å². The third-order valence-electron chi connectivity index (χ3n) is 3.62. The highest BCUT2D eigenvalue weighted by Gasteiger charge is 2.37. The summed E-state index contributed by atoms with van der Waals surface area (Å²) in [5, 5.41) is 2.77. The Hall–Kier alpha value is -1.40. The van der Waals surface area contributed by atoms with Crippen LogP contribution in [0.25, 0.3) is 0 Å². The largest absolute Gasteiger partial charge is 0.352 e. The molecule has 1 fully saturated rings. The van der Waals surface area contributed by atoms with Gasteiger partial charge in [0.2, 0.25) is 5.91 Å². The van der Waals surface area contributed by atoms with Crippen LogP contribution in [0.15, 0.2) is 29.2 Å². The molecule has 2 rings (SSSR count). The van der Waals surface area contributed by atoms with Crippen LogP contribution in [-0.2, 0) is 19.1 Å². The van der Waals surface area contributed by atoms with E-state index >= 15 is 0 Å². The second-order valence-corrected chi connectivity index (χ2v) is 6.54. The Labute approximate surface area is 119 Å². The maximum Gasteiger partial charge on any atom is 0.297 e. The minimum Gasteiger partial charge on any atom is -0.352 e. The zero-order valence-corrected chi connectivity index (χ0v) is 12.4. The Kier molecular flexibility index (Phi) is 4.45. The molecule has 20 heavy (non-hydrogen) atoms. The first-order valence-corrected chi connectivity index (χ1v) is 8.12. The van der Waals surface area contributed by atoms with E-state index in [2.05, 4.69) is 5.32 Å². The van der Waals surface area contributed by atoms with E-state index in [1.807, 2.05) is 6.92 Å². The van der Waals surface area contributed by atoms with Crippen LogP contribution in [0.2, 0.25) is 0 Å². The predicted octanol–water partition coefficient (Wildman–Crippen LogP) is 1.62. The average molecular weight is 297 g/mol. The average Bonchev–Trinajstić information content (AvgIpc) is 2.38. The van der Waals surface area contributed by atoms with Gasteiger partial charge in [0.25, 0.3) is 10.1 Å². The van der Waals surface area contributed by atoms with Crippen LogP contribution < -0.4 is 5.32 Å². The molecule has 0 unspecified atom stereocenters. The van der Waals surface area contributed by atoms with Crippen LogP contribution in [0, 0.1) is 12.8 Å². The lowest BCUT2D eigenvalue weighted by Gasteiger charge is -2.36. The molecule has 110 valence electrons. The van der Waals surface area contributed by atoms with Gasteiger partial charge in [0.05, 0.1) is 17.4 Å². The maximum absolute atomic E-state index is 12.0. The van der Waals surface area contributed by atoms with Gasteiger partial charge in [-0.15, -0.1) is 0 Å². The van der Waals surface area contributed by atoms with Crippen molar-refractivity contribution in [1.29, 1.82) is 0 Å². The summed E-state index contributed by atoms with van der Waals surface area (Å²) < 4.78 is 29.1. The fourth-order valence-electron chi connectivity index (χ4n) is 2.41. The number of nitrogens with one attached hydrogen (secondary N) is 1. The minimum atomic E-state index is -3.72. The highest BCUT2D eigenvalue weighted by atomic mass is 32.2. The Bertz CT molecular complexity index is 597. The van der Waals surface area contributed by atoms with E-state index in [9.17, 15) is 13.2 Å². The number of β-lactam (4-membered cyclic amide) rings is 1. The summed E-state index contributed by atoms with van der Waals surface area (Å²) in [7, 11) is -3.72. The number of benzene rings is 1. The molecule has 0 aromatic heterocycles. The molecular weight excluding hydrogens is 278 g/mol. The molecule has 0 saturated carbocycles. The lowest BCUT2D eigenvalue weighted by atomic mass is 9.86. The zero-order chi connectivity index (χ0) is 14.8. The molecule has 0 spiro atoms. The monoisotopic (exact) mass is 297 g/mol. The fourth-order valence-corrected chi connectivity index (χ4v) is 3.56. The van der Waals surface area contributed by atoms with E-state index in [0.717, 1.165) is 6.42 Å². The lowest BCUT2D eigenvalue weighted by molar-refractivity contribution is -0.135. The van der Waals surface area contributed by atoms with E-state index in [0.29, 0.717) is 12.0 Å². The first-order valence-electron chi connectivity index (χ1n) is 6.71. The molecule has 1 aliphatic rings. The zero-order valence-electron chi connectivity index (χ0n) is 11.6. The molecule has 1 saturated heterocycles. The Morgan fingerprint density at radius 1 is 1.30 bits per heavy atom. The molecule has 1 aliphatic heterocycles. The van der Waals surface area contributed by atoms with E-state index in [-0.39, 0.29) is 29.4 Å². The van der Waals surface area contributed by atoms with Gasteiger partial charge in [0, 0.05) is 6.04 Å². The van der Waals surface area contributed by atoms with Gasteiger partial charge in [-0.25, -0.2) is 0 Å². The van der Waals surface area contributed by atoms with Crippen LogP contribution in [0.4, 0.5) is 0 Å². The SMILES string of the molecule is CC[C@H]1C(=O)N[C@H]1CCOS(=O)(=O)c1ccccc1C. The number of carbonyl (C=O) groups excluding carboxylic acids is 1. The van der Waals surface area contributed by atoms with Crippen molar-refractivity contribution in [3.05, 3.63) is 29.8 Å². The van der Waals surface area contributed by atoms with Gasteiger partial charge in [-0.2, -0.15) is 8.42 Å². The summed E-state index contributed by atoms with van der Waals surface area (Å²) in [5.41, 5.74) is 0.663. The van der Waals surface area contributed by atoms with Gasteiger partial charge in [0.1, 0.15) is 0 Å². The number of carbonyl (C=O) groups is 1. The van der Waals surface area contributed by atoms with Crippen molar-refractivity contribution in [2.45, 2.75) is 37.6 Å². The van der Waals surface area contributed by atoms with E-state index in [1.54, 1.807) is 25.1 Å². The Balaban J connectivity index is 1.91. The number of aryl methyl sites for hydroxylation is 1. The lowest BCUT2D eigenvalue weighted by Crippen LogP contribution is -2.58. The van der Waals surface area contributed by atoms with Gasteiger partial charge >= 0.3 is 0 Å². The molecular formula is C14H19NO4S. The summed E-state index contributed by atoms with van der Waals surface area (Å²) in [6.07, 6.45) is 1.27. The molecule has 0 radical (unpaired) electrons. The number of hydrogen-bond acceptors (Lipinski definition) is 4. The van der Waals surface area contributed by atoms with Crippen molar-refractivity contribution in [2.24, 2.45) is 5.92 Å². The van der Waals surface area contributed by atoms with Crippen LogP contribution in [0.3, 0.4) is 0 Å². The summed E-state index contributed by atoms with van der Waals surface area (Å²) in [6.45, 7) is 3.76. The molecule has 5 nitrogen and oxygen atoms in total. The smallest absolute Gasteiger partial charge is 0.297 e. The first kappa shape index (κ1) is 15.0. The van der Waals surface area contributed by atoms with Gasteiger partial charge in [-0.3, -0.25) is 8.98 Å². The topological polar surface area (TPSA) is 72.5 Å². The standard InChI is InChI=1S/C14H19NO4S/c1-3-11-12(15-14(11)16)8-9-19-20(17,18)13-7-5-4-6-10(13)2/h4-7,11-12H,3,8-9H2,1-2H3,(H,15,16)/t11-,12+/m1/s1. The molecule has 1 heterocycles. The number of rotatable bonds is 6. The molecule has 1 aromatic carbocycles. The fraction of sp³-hybridized carbons (Fsp3) is 0.500. The Morgan fingerprint density at radius 3 is 2.60 bits per heavy atom. The molecule has 1 aromatic rings. The summed E-state index contributed by atoms with van der Waals surface area (Å²) >= 11 is 0. The van der Waals surface area contributed by atoms with Crippen molar-refractivity contribution >= 4 is 16.0 Å². The summed E-state index contributed by atoms with van der Waals surface area (Å²) in [6, 6.07) is 6.74. The van der Waals surface area contributed by atoms with Crippen LogP contribution in [0.1, 0.15) is 25.3 Å². The van der Waals surface area contributed by atoms with Crippen molar-refractivity contribution in [2.75, 3.05) is 6.61 Å². The maximum atomic E-state index is 12.0. The third kappa shape index (κ3) is 3.02. The quantitative estimate of drug-likeness (QED) is 0.639. The normalized spacial score (nSPS) is 22.2. The van der Waals surface area contributed by atoms with E-state index < -0.39 is 10.1 Å². The van der Waals surface area contributed by atoms with Gasteiger partial charge < -0.3 is 5.32 Å². The van der Waals surface area contributed by atoms with E-state index in [4.69, 9.17) is 4.18 Å². The predicted molar refractivity (Wildman–Crippen MR) is 74.6 cm³/mol. The van der Waals surface area contributed by atoms with Crippen LogP contribution in [-0.4, -0.2) is 27.0 Å². The van der Waals surface area contributed by atoms with Gasteiger partial charge in [-0.05, 0) is 31.4 Å². The van der Waals surface area contributed by atoms with Crippen molar-refractivity contribution in [3.63, 3.8) is 0 Å². The van der Waals surface area contributed by atoms with Crippen LogP contribution in [0.5, 0.6) is 0 Å². The second kappa shape index (κ2) is 5.93. The molecule has 0 aliphatic carbocycles. The molecule has 1 amide bonds. The van der Waals surface area contributed by atoms with Crippen LogP contribution >= 0.6 is 0 Å². The summed E-state index contributed by atoms with van der Waals surface area (Å²) in [5.74, 6) is 0.0269. The second-order valence-electron chi connectivity index (χ2n) is 4.96. The number of amides is 1.